The van der Waals surface area contributed by atoms with E-state index in [1.54, 1.807) is 0 Å². The van der Waals surface area contributed by atoms with Crippen molar-refractivity contribution in [2.45, 2.75) is 39.0 Å². The van der Waals surface area contributed by atoms with E-state index in [1.807, 2.05) is 19.4 Å². The van der Waals surface area contributed by atoms with Crippen molar-refractivity contribution in [3.05, 3.63) is 29.6 Å². The maximum atomic E-state index is 5.97. The van der Waals surface area contributed by atoms with Crippen LogP contribution in [0, 0.1) is 6.92 Å². The first-order valence-corrected chi connectivity index (χ1v) is 7.06. The van der Waals surface area contributed by atoms with Crippen LogP contribution in [0.25, 0.3) is 0 Å². The third-order valence-electron chi connectivity index (χ3n) is 3.79. The third kappa shape index (κ3) is 3.53. The van der Waals surface area contributed by atoms with Crippen LogP contribution in [0.5, 0.6) is 0 Å². The van der Waals surface area contributed by atoms with Gasteiger partial charge in [0.05, 0.1) is 18.8 Å². The molecule has 2 unspecified atom stereocenters. The Kier molecular flexibility index (Phi) is 4.91. The van der Waals surface area contributed by atoms with Gasteiger partial charge in [0, 0.05) is 31.5 Å². The summed E-state index contributed by atoms with van der Waals surface area (Å²) in [6.45, 7) is 9.36. The molecule has 2 heterocycles. The van der Waals surface area contributed by atoms with Crippen LogP contribution in [0.2, 0.25) is 0 Å². The number of nitrogens with zero attached hydrogens (tertiary/aromatic N) is 2. The molecule has 1 aliphatic heterocycles. The molecular formula is C15H25N3O. The molecule has 1 aromatic rings. The summed E-state index contributed by atoms with van der Waals surface area (Å²) in [7, 11) is 1.99. The van der Waals surface area contributed by atoms with Crippen molar-refractivity contribution in [3.63, 3.8) is 0 Å². The molecule has 0 spiro atoms. The van der Waals surface area contributed by atoms with E-state index in [4.69, 9.17) is 4.74 Å². The van der Waals surface area contributed by atoms with Crippen molar-refractivity contribution in [2.24, 2.45) is 0 Å². The molecule has 1 fully saturated rings. The van der Waals surface area contributed by atoms with Gasteiger partial charge in [-0.25, -0.2) is 0 Å². The fourth-order valence-corrected chi connectivity index (χ4v) is 2.68. The Balaban J connectivity index is 2.13. The first kappa shape index (κ1) is 14.4. The summed E-state index contributed by atoms with van der Waals surface area (Å²) in [5.41, 5.74) is 2.40. The molecule has 2 atom stereocenters. The van der Waals surface area contributed by atoms with Gasteiger partial charge in [0.2, 0.25) is 0 Å². The molecule has 2 rings (SSSR count). The van der Waals surface area contributed by atoms with Gasteiger partial charge in [0.1, 0.15) is 0 Å². The lowest BCUT2D eigenvalue weighted by molar-refractivity contribution is -0.0550. The Morgan fingerprint density at radius 3 is 2.84 bits per heavy atom. The number of likely N-dealkylation sites (N-methyl/N-ethyl adjacent to an activating group) is 1. The fourth-order valence-electron chi connectivity index (χ4n) is 2.68. The minimum Gasteiger partial charge on any atom is -0.374 e. The minimum atomic E-state index is 0.185. The SMILES string of the molecule is CNC(c1cncc(C)c1)C1CN(C(C)C)CCO1. The van der Waals surface area contributed by atoms with Gasteiger partial charge in [-0.1, -0.05) is 6.07 Å². The Morgan fingerprint density at radius 1 is 1.42 bits per heavy atom. The first-order chi connectivity index (χ1) is 9.11. The van der Waals surface area contributed by atoms with Gasteiger partial charge >= 0.3 is 0 Å². The van der Waals surface area contributed by atoms with Crippen LogP contribution < -0.4 is 5.32 Å². The van der Waals surface area contributed by atoms with Crippen LogP contribution in [0.15, 0.2) is 18.5 Å². The lowest BCUT2D eigenvalue weighted by Gasteiger charge is -2.39. The Bertz CT molecular complexity index is 408. The molecule has 0 aromatic carbocycles. The van der Waals surface area contributed by atoms with E-state index in [2.05, 4.69) is 42.0 Å². The summed E-state index contributed by atoms with van der Waals surface area (Å²) < 4.78 is 5.97. The molecule has 0 amide bonds. The molecular weight excluding hydrogens is 238 g/mol. The predicted octanol–water partition coefficient (Wildman–Crippen LogP) is 1.76. The standard InChI is InChI=1S/C15H25N3O/c1-11(2)18-5-6-19-14(10-18)15(16-4)13-7-12(3)8-17-9-13/h7-9,11,14-16H,5-6,10H2,1-4H3. The maximum absolute atomic E-state index is 5.97. The number of ether oxygens (including phenoxy) is 1. The van der Waals surface area contributed by atoms with E-state index in [1.165, 1.54) is 11.1 Å². The van der Waals surface area contributed by atoms with Crippen molar-refractivity contribution in [1.29, 1.82) is 0 Å². The molecule has 4 heteroatoms. The molecule has 19 heavy (non-hydrogen) atoms. The summed E-state index contributed by atoms with van der Waals surface area (Å²) in [5, 5.41) is 3.38. The quantitative estimate of drug-likeness (QED) is 0.898. The summed E-state index contributed by atoms with van der Waals surface area (Å²) >= 11 is 0. The molecule has 1 saturated heterocycles. The number of rotatable bonds is 4. The maximum Gasteiger partial charge on any atom is 0.0897 e. The molecule has 0 radical (unpaired) electrons. The molecule has 106 valence electrons. The summed E-state index contributed by atoms with van der Waals surface area (Å²) in [5.74, 6) is 0. The van der Waals surface area contributed by atoms with Crippen LogP contribution in [0.4, 0.5) is 0 Å². The summed E-state index contributed by atoms with van der Waals surface area (Å²) in [6.07, 6.45) is 4.01. The lowest BCUT2D eigenvalue weighted by Crippen LogP contribution is -2.49. The zero-order chi connectivity index (χ0) is 13.8. The molecule has 0 bridgehead atoms. The highest BCUT2D eigenvalue weighted by Gasteiger charge is 2.29. The number of aryl methyl sites for hydroxylation is 1. The first-order valence-electron chi connectivity index (χ1n) is 7.06. The minimum absolute atomic E-state index is 0.185. The van der Waals surface area contributed by atoms with Gasteiger partial charge in [0.15, 0.2) is 0 Å². The second-order valence-corrected chi connectivity index (χ2v) is 5.56. The number of nitrogens with one attached hydrogen (secondary N) is 1. The van der Waals surface area contributed by atoms with Crippen molar-refractivity contribution in [2.75, 3.05) is 26.7 Å². The fraction of sp³-hybridized carbons (Fsp3) is 0.667. The smallest absolute Gasteiger partial charge is 0.0897 e. The van der Waals surface area contributed by atoms with Gasteiger partial charge in [-0.05, 0) is 38.9 Å². The van der Waals surface area contributed by atoms with E-state index in [9.17, 15) is 0 Å². The van der Waals surface area contributed by atoms with Gasteiger partial charge in [0.25, 0.3) is 0 Å². The predicted molar refractivity (Wildman–Crippen MR) is 77.2 cm³/mol. The second-order valence-electron chi connectivity index (χ2n) is 5.56. The average molecular weight is 263 g/mol. The van der Waals surface area contributed by atoms with Crippen LogP contribution in [-0.2, 0) is 4.74 Å². The van der Waals surface area contributed by atoms with Crippen molar-refractivity contribution in [1.82, 2.24) is 15.2 Å². The van der Waals surface area contributed by atoms with Crippen molar-refractivity contribution >= 4 is 0 Å². The van der Waals surface area contributed by atoms with E-state index in [0.717, 1.165) is 19.7 Å². The van der Waals surface area contributed by atoms with E-state index in [-0.39, 0.29) is 12.1 Å². The molecule has 0 aliphatic carbocycles. The average Bonchev–Trinajstić information content (AvgIpc) is 2.40. The normalized spacial score (nSPS) is 22.7. The van der Waals surface area contributed by atoms with Crippen LogP contribution in [0.1, 0.15) is 31.0 Å². The Labute approximate surface area is 116 Å². The van der Waals surface area contributed by atoms with Gasteiger partial charge in [-0.2, -0.15) is 0 Å². The molecule has 1 aromatic heterocycles. The van der Waals surface area contributed by atoms with Gasteiger partial charge in [-0.3, -0.25) is 9.88 Å². The Hall–Kier alpha value is -0.970. The number of pyridine rings is 1. The third-order valence-corrected chi connectivity index (χ3v) is 3.79. The molecule has 4 nitrogen and oxygen atoms in total. The largest absolute Gasteiger partial charge is 0.374 e. The zero-order valence-corrected chi connectivity index (χ0v) is 12.4. The monoisotopic (exact) mass is 263 g/mol. The van der Waals surface area contributed by atoms with E-state index < -0.39 is 0 Å². The van der Waals surface area contributed by atoms with Gasteiger partial charge < -0.3 is 10.1 Å². The van der Waals surface area contributed by atoms with Crippen LogP contribution in [0.3, 0.4) is 0 Å². The summed E-state index contributed by atoms with van der Waals surface area (Å²) in [6, 6.07) is 2.96. The van der Waals surface area contributed by atoms with E-state index >= 15 is 0 Å². The molecule has 1 aliphatic rings. The van der Waals surface area contributed by atoms with Crippen LogP contribution in [-0.4, -0.2) is 48.8 Å². The Morgan fingerprint density at radius 2 is 2.21 bits per heavy atom. The number of hydrogen-bond donors (Lipinski definition) is 1. The number of aromatic nitrogens is 1. The van der Waals surface area contributed by atoms with Crippen molar-refractivity contribution in [3.8, 4) is 0 Å². The van der Waals surface area contributed by atoms with Gasteiger partial charge in [-0.15, -0.1) is 0 Å². The second kappa shape index (κ2) is 6.46. The topological polar surface area (TPSA) is 37.4 Å². The molecule has 0 saturated carbocycles. The number of morpholine rings is 1. The summed E-state index contributed by atoms with van der Waals surface area (Å²) in [4.78, 5) is 6.77. The lowest BCUT2D eigenvalue weighted by atomic mass is 10.00. The highest BCUT2D eigenvalue weighted by molar-refractivity contribution is 5.21. The highest BCUT2D eigenvalue weighted by Crippen LogP contribution is 2.23. The zero-order valence-electron chi connectivity index (χ0n) is 12.4. The van der Waals surface area contributed by atoms with E-state index in [0.29, 0.717) is 6.04 Å². The number of hydrogen-bond acceptors (Lipinski definition) is 4. The van der Waals surface area contributed by atoms with Crippen LogP contribution >= 0.6 is 0 Å². The highest BCUT2D eigenvalue weighted by atomic mass is 16.5. The molecule has 1 N–H and O–H groups in total. The van der Waals surface area contributed by atoms with Crippen molar-refractivity contribution < 1.29 is 4.74 Å².